The van der Waals surface area contributed by atoms with Crippen LogP contribution in [-0.2, 0) is 0 Å². The van der Waals surface area contributed by atoms with Crippen LogP contribution in [0.2, 0.25) is 0 Å². The Balaban J connectivity index is 2.32. The van der Waals surface area contributed by atoms with Crippen molar-refractivity contribution >= 4 is 0 Å². The lowest BCUT2D eigenvalue weighted by atomic mass is 9.93. The van der Waals surface area contributed by atoms with Crippen LogP contribution in [0.3, 0.4) is 0 Å². The summed E-state index contributed by atoms with van der Waals surface area (Å²) in [5, 5.41) is 3.27. The van der Waals surface area contributed by atoms with Gasteiger partial charge in [0.1, 0.15) is 0 Å². The van der Waals surface area contributed by atoms with Gasteiger partial charge in [0.25, 0.3) is 0 Å². The molecule has 0 saturated heterocycles. The van der Waals surface area contributed by atoms with Crippen molar-refractivity contribution in [3.63, 3.8) is 0 Å². The van der Waals surface area contributed by atoms with E-state index in [1.165, 1.54) is 7.11 Å². The molecule has 16 heavy (non-hydrogen) atoms. The lowest BCUT2D eigenvalue weighted by molar-refractivity contribution is 0.380. The first-order valence-corrected chi connectivity index (χ1v) is 5.77. The summed E-state index contributed by atoms with van der Waals surface area (Å²) in [4.78, 5) is 0. The fraction of sp³-hybridized carbons (Fsp3) is 0.538. The summed E-state index contributed by atoms with van der Waals surface area (Å²) in [6, 6.07) is 5.80. The molecule has 1 aromatic carbocycles. The molecule has 1 aromatic rings. The van der Waals surface area contributed by atoms with Gasteiger partial charge in [0.05, 0.1) is 7.11 Å². The van der Waals surface area contributed by atoms with Gasteiger partial charge < -0.3 is 10.1 Å². The van der Waals surface area contributed by atoms with Gasteiger partial charge in [-0.15, -0.1) is 0 Å². The second-order valence-electron chi connectivity index (χ2n) is 4.30. The fourth-order valence-electron chi connectivity index (χ4n) is 2.65. The third kappa shape index (κ3) is 1.92. The maximum absolute atomic E-state index is 14.1. The molecule has 0 radical (unpaired) electrons. The molecule has 0 spiro atoms. The molecule has 2 rings (SSSR count). The Morgan fingerprint density at radius 3 is 2.88 bits per heavy atom. The fourth-order valence-corrected chi connectivity index (χ4v) is 2.65. The van der Waals surface area contributed by atoms with E-state index in [-0.39, 0.29) is 11.7 Å². The first kappa shape index (κ1) is 11.4. The number of benzene rings is 1. The Morgan fingerprint density at radius 2 is 2.19 bits per heavy atom. The highest BCUT2D eigenvalue weighted by Gasteiger charge is 2.30. The number of methoxy groups -OCH3 is 1. The first-order chi connectivity index (χ1) is 7.77. The van der Waals surface area contributed by atoms with Crippen LogP contribution in [0.5, 0.6) is 5.75 Å². The standard InChI is InChI=1S/C13H18FNO/c1-15-11-7-3-5-9(11)10-6-4-8-12(16-2)13(10)14/h4,6,8-9,11,15H,3,5,7H2,1-2H3. The summed E-state index contributed by atoms with van der Waals surface area (Å²) in [5.41, 5.74) is 0.788. The molecule has 1 fully saturated rings. The summed E-state index contributed by atoms with van der Waals surface area (Å²) >= 11 is 0. The minimum absolute atomic E-state index is 0.197. The van der Waals surface area contributed by atoms with Crippen LogP contribution in [0.15, 0.2) is 18.2 Å². The molecule has 1 N–H and O–H groups in total. The third-order valence-electron chi connectivity index (χ3n) is 3.50. The van der Waals surface area contributed by atoms with Crippen LogP contribution in [0.25, 0.3) is 0 Å². The van der Waals surface area contributed by atoms with Gasteiger partial charge in [0.15, 0.2) is 11.6 Å². The van der Waals surface area contributed by atoms with Gasteiger partial charge in [0.2, 0.25) is 0 Å². The van der Waals surface area contributed by atoms with E-state index in [0.29, 0.717) is 11.8 Å². The molecule has 1 saturated carbocycles. The first-order valence-electron chi connectivity index (χ1n) is 5.77. The summed E-state index contributed by atoms with van der Waals surface area (Å²) in [6.45, 7) is 0. The van der Waals surface area contributed by atoms with E-state index in [4.69, 9.17) is 4.74 Å². The van der Waals surface area contributed by atoms with E-state index >= 15 is 0 Å². The predicted octanol–water partition coefficient (Wildman–Crippen LogP) is 2.69. The lowest BCUT2D eigenvalue weighted by Crippen LogP contribution is -2.28. The predicted molar refractivity (Wildman–Crippen MR) is 62.4 cm³/mol. The SMILES string of the molecule is CNC1CCCC1c1cccc(OC)c1F. The molecule has 88 valence electrons. The van der Waals surface area contributed by atoms with Crippen LogP contribution in [0.1, 0.15) is 30.7 Å². The van der Waals surface area contributed by atoms with Crippen molar-refractivity contribution < 1.29 is 9.13 Å². The normalized spacial score (nSPS) is 24.7. The van der Waals surface area contributed by atoms with Gasteiger partial charge in [-0.05, 0) is 31.5 Å². The van der Waals surface area contributed by atoms with Crippen molar-refractivity contribution in [3.8, 4) is 5.75 Å². The van der Waals surface area contributed by atoms with E-state index in [1.54, 1.807) is 6.07 Å². The van der Waals surface area contributed by atoms with Gasteiger partial charge in [0, 0.05) is 12.0 Å². The van der Waals surface area contributed by atoms with E-state index in [0.717, 1.165) is 24.8 Å². The Morgan fingerprint density at radius 1 is 1.38 bits per heavy atom. The number of ether oxygens (including phenoxy) is 1. The molecule has 2 nitrogen and oxygen atoms in total. The summed E-state index contributed by atoms with van der Waals surface area (Å²) in [7, 11) is 3.45. The molecule has 1 aliphatic carbocycles. The smallest absolute Gasteiger partial charge is 0.168 e. The second kappa shape index (κ2) is 4.83. The average molecular weight is 223 g/mol. The van der Waals surface area contributed by atoms with Crippen LogP contribution in [0.4, 0.5) is 4.39 Å². The van der Waals surface area contributed by atoms with Crippen molar-refractivity contribution in [2.45, 2.75) is 31.2 Å². The summed E-state index contributed by atoms with van der Waals surface area (Å²) < 4.78 is 19.1. The zero-order valence-electron chi connectivity index (χ0n) is 9.79. The molecule has 0 heterocycles. The Labute approximate surface area is 95.8 Å². The quantitative estimate of drug-likeness (QED) is 0.850. The second-order valence-corrected chi connectivity index (χ2v) is 4.30. The molecule has 2 atom stereocenters. The van der Waals surface area contributed by atoms with Crippen molar-refractivity contribution in [1.82, 2.24) is 5.32 Å². The zero-order chi connectivity index (χ0) is 11.5. The van der Waals surface area contributed by atoms with Gasteiger partial charge in [-0.1, -0.05) is 18.6 Å². The highest BCUT2D eigenvalue weighted by atomic mass is 19.1. The molecule has 2 unspecified atom stereocenters. The van der Waals surface area contributed by atoms with E-state index in [1.807, 2.05) is 19.2 Å². The average Bonchev–Trinajstić information content (AvgIpc) is 2.77. The molecule has 0 amide bonds. The largest absolute Gasteiger partial charge is 0.494 e. The van der Waals surface area contributed by atoms with Crippen molar-refractivity contribution in [3.05, 3.63) is 29.6 Å². The molecule has 3 heteroatoms. The number of likely N-dealkylation sites (N-methyl/N-ethyl adjacent to an activating group) is 1. The molecule has 0 aliphatic heterocycles. The topological polar surface area (TPSA) is 21.3 Å². The minimum Gasteiger partial charge on any atom is -0.494 e. The molecule has 0 bridgehead atoms. The van der Waals surface area contributed by atoms with E-state index in [2.05, 4.69) is 5.32 Å². The van der Waals surface area contributed by atoms with Gasteiger partial charge in [-0.2, -0.15) is 0 Å². The number of hydrogen-bond donors (Lipinski definition) is 1. The lowest BCUT2D eigenvalue weighted by Gasteiger charge is -2.20. The highest BCUT2D eigenvalue weighted by Crippen LogP contribution is 2.37. The van der Waals surface area contributed by atoms with Gasteiger partial charge in [-0.3, -0.25) is 0 Å². The number of rotatable bonds is 3. The van der Waals surface area contributed by atoms with Crippen molar-refractivity contribution in [1.29, 1.82) is 0 Å². The van der Waals surface area contributed by atoms with Crippen molar-refractivity contribution in [2.75, 3.05) is 14.2 Å². The molecule has 1 aliphatic rings. The zero-order valence-corrected chi connectivity index (χ0v) is 9.79. The summed E-state index contributed by atoms with van der Waals surface area (Å²) in [5.74, 6) is 0.427. The van der Waals surface area contributed by atoms with Gasteiger partial charge >= 0.3 is 0 Å². The monoisotopic (exact) mass is 223 g/mol. The number of nitrogens with one attached hydrogen (secondary N) is 1. The Kier molecular flexibility index (Phi) is 3.44. The molecule has 0 aromatic heterocycles. The van der Waals surface area contributed by atoms with Crippen LogP contribution >= 0.6 is 0 Å². The van der Waals surface area contributed by atoms with Crippen LogP contribution in [0, 0.1) is 5.82 Å². The van der Waals surface area contributed by atoms with Crippen molar-refractivity contribution in [2.24, 2.45) is 0 Å². The summed E-state index contributed by atoms with van der Waals surface area (Å²) in [6.07, 6.45) is 3.33. The van der Waals surface area contributed by atoms with Crippen LogP contribution in [-0.4, -0.2) is 20.2 Å². The highest BCUT2D eigenvalue weighted by molar-refractivity contribution is 5.34. The van der Waals surface area contributed by atoms with Gasteiger partial charge in [-0.25, -0.2) is 4.39 Å². The maximum atomic E-state index is 14.1. The van der Waals surface area contributed by atoms with E-state index < -0.39 is 0 Å². The Hall–Kier alpha value is -1.09. The maximum Gasteiger partial charge on any atom is 0.168 e. The molecular formula is C13H18FNO. The number of hydrogen-bond acceptors (Lipinski definition) is 2. The van der Waals surface area contributed by atoms with Crippen LogP contribution < -0.4 is 10.1 Å². The number of halogens is 1. The van der Waals surface area contributed by atoms with E-state index in [9.17, 15) is 4.39 Å². The molecular weight excluding hydrogens is 205 g/mol. The minimum atomic E-state index is -0.197. The third-order valence-corrected chi connectivity index (χ3v) is 3.50. The Bertz CT molecular complexity index is 367.